The van der Waals surface area contributed by atoms with E-state index < -0.39 is 11.6 Å². The summed E-state index contributed by atoms with van der Waals surface area (Å²) in [6.07, 6.45) is 0.0383. The number of likely N-dealkylation sites (N-methyl/N-ethyl adjacent to an activating group) is 1. The zero-order valence-electron chi connectivity index (χ0n) is 21.8. The lowest BCUT2D eigenvalue weighted by Gasteiger charge is -2.34. The van der Waals surface area contributed by atoms with Crippen molar-refractivity contribution in [2.24, 2.45) is 10.1 Å². The van der Waals surface area contributed by atoms with Gasteiger partial charge in [-0.15, -0.1) is 0 Å². The van der Waals surface area contributed by atoms with Crippen molar-refractivity contribution in [2.75, 3.05) is 27.3 Å². The van der Waals surface area contributed by atoms with Gasteiger partial charge in [-0.1, -0.05) is 63.5 Å². The number of azide groups is 1. The van der Waals surface area contributed by atoms with Crippen LogP contribution in [0.25, 0.3) is 10.4 Å². The Morgan fingerprint density at radius 2 is 1.82 bits per heavy atom. The highest BCUT2D eigenvalue weighted by Crippen LogP contribution is 2.45. The fraction of sp³-hybridized carbons (Fsp3) is 0.310. The zero-order chi connectivity index (χ0) is 27.8. The monoisotopic (exact) mass is 591 g/mol. The number of nitrogens with zero attached hydrogens (tertiary/aromatic N) is 5. The molecule has 10 heteroatoms. The molecule has 1 N–H and O–H groups in total. The number of hydrogen-bond donors (Lipinski definition) is 1. The first-order chi connectivity index (χ1) is 18.9. The van der Waals surface area contributed by atoms with Crippen LogP contribution in [0, 0.1) is 0 Å². The van der Waals surface area contributed by atoms with Gasteiger partial charge in [-0.3, -0.25) is 4.79 Å². The fourth-order valence-corrected chi connectivity index (χ4v) is 5.03. The number of aliphatic hydroxyl groups excluding tert-OH is 1. The number of aliphatic imine (C=N–C) groups is 1. The van der Waals surface area contributed by atoms with E-state index in [1.54, 1.807) is 14.1 Å². The lowest BCUT2D eigenvalue weighted by molar-refractivity contribution is -0.137. The van der Waals surface area contributed by atoms with Gasteiger partial charge < -0.3 is 19.5 Å². The second-order valence-corrected chi connectivity index (χ2v) is 10.2. The van der Waals surface area contributed by atoms with Crippen LogP contribution < -0.4 is 4.74 Å². The third-order valence-corrected chi connectivity index (χ3v) is 7.25. The molecule has 0 spiro atoms. The molecule has 0 saturated carbocycles. The maximum atomic E-state index is 14.1. The summed E-state index contributed by atoms with van der Waals surface area (Å²) in [5.74, 6) is 0.787. The van der Waals surface area contributed by atoms with E-state index in [4.69, 9.17) is 25.1 Å². The number of halogens is 1. The van der Waals surface area contributed by atoms with Crippen molar-refractivity contribution >= 4 is 27.7 Å². The molecule has 0 aliphatic carbocycles. The molecule has 202 valence electrons. The first kappa shape index (κ1) is 28.2. The maximum absolute atomic E-state index is 14.1. The Balaban J connectivity index is 1.84. The average molecular weight is 592 g/mol. The van der Waals surface area contributed by atoms with Gasteiger partial charge in [0.1, 0.15) is 5.75 Å². The van der Waals surface area contributed by atoms with Crippen LogP contribution in [0.5, 0.6) is 5.75 Å². The number of carbonyl (C=O) groups excluding carboxylic acids is 1. The molecule has 1 amide bonds. The standard InChI is InChI=1S/C29H30BrN5O4/c1-35(2)28(37)29(18-21-8-4-6-11-25(21)30)26(24-10-5-3-9-22(24)19-32-34-31)39-27(33-29)20-12-14-23(15-13-20)38-17-7-16-36/h3-6,8-15,26,36H,7,16-19H2,1-2H3/t26-,29-/m1/s1. The van der Waals surface area contributed by atoms with Crippen molar-refractivity contribution < 1.29 is 19.4 Å². The van der Waals surface area contributed by atoms with Gasteiger partial charge in [0.05, 0.1) is 13.2 Å². The molecular formula is C29H30BrN5O4. The molecular weight excluding hydrogens is 562 g/mol. The SMILES string of the molecule is CN(C)C(=O)[C@]1(Cc2ccccc2Br)N=C(c2ccc(OCCCO)cc2)O[C@@H]1c1ccccc1CN=[N+]=[N-]. The summed E-state index contributed by atoms with van der Waals surface area (Å²) >= 11 is 3.63. The second-order valence-electron chi connectivity index (χ2n) is 9.34. The number of carbonyl (C=O) groups is 1. The molecule has 4 rings (SSSR count). The van der Waals surface area contributed by atoms with Crippen LogP contribution >= 0.6 is 15.9 Å². The summed E-state index contributed by atoms with van der Waals surface area (Å²) in [7, 11) is 3.41. The quantitative estimate of drug-likeness (QED) is 0.135. The van der Waals surface area contributed by atoms with Gasteiger partial charge >= 0.3 is 0 Å². The topological polar surface area (TPSA) is 120 Å². The highest BCUT2D eigenvalue weighted by atomic mass is 79.9. The minimum Gasteiger partial charge on any atom is -0.494 e. The van der Waals surface area contributed by atoms with Crippen LogP contribution in [-0.2, 0) is 22.5 Å². The molecule has 39 heavy (non-hydrogen) atoms. The average Bonchev–Trinajstić information content (AvgIpc) is 3.33. The Morgan fingerprint density at radius 3 is 2.49 bits per heavy atom. The van der Waals surface area contributed by atoms with E-state index in [1.807, 2.05) is 72.8 Å². The van der Waals surface area contributed by atoms with Crippen LogP contribution in [0.2, 0.25) is 0 Å². The first-order valence-corrected chi connectivity index (χ1v) is 13.3. The highest BCUT2D eigenvalue weighted by Gasteiger charge is 2.54. The summed E-state index contributed by atoms with van der Waals surface area (Å²) in [5, 5.41) is 12.8. The molecule has 0 saturated heterocycles. The Bertz CT molecular complexity index is 1390. The highest BCUT2D eigenvalue weighted by molar-refractivity contribution is 9.10. The number of rotatable bonds is 11. The molecule has 1 heterocycles. The maximum Gasteiger partial charge on any atom is 0.254 e. The number of aliphatic hydroxyl groups is 1. The van der Waals surface area contributed by atoms with E-state index >= 15 is 0 Å². The van der Waals surface area contributed by atoms with Crippen LogP contribution in [0.1, 0.15) is 34.8 Å². The van der Waals surface area contributed by atoms with Gasteiger partial charge in [0.2, 0.25) is 5.90 Å². The summed E-state index contributed by atoms with van der Waals surface area (Å²) in [6.45, 7) is 0.581. The number of ether oxygens (including phenoxy) is 2. The Hall–Kier alpha value is -3.85. The molecule has 0 radical (unpaired) electrons. The summed E-state index contributed by atoms with van der Waals surface area (Å²) < 4.78 is 13.1. The van der Waals surface area contributed by atoms with Crippen molar-refractivity contribution in [1.29, 1.82) is 0 Å². The predicted molar refractivity (Wildman–Crippen MR) is 153 cm³/mol. The third kappa shape index (κ3) is 6.25. The minimum atomic E-state index is -1.33. The molecule has 9 nitrogen and oxygen atoms in total. The molecule has 0 bridgehead atoms. The van der Waals surface area contributed by atoms with Crippen molar-refractivity contribution in [3.05, 3.63) is 110 Å². The molecule has 2 atom stereocenters. The van der Waals surface area contributed by atoms with Crippen LogP contribution in [-0.4, -0.2) is 54.7 Å². The van der Waals surface area contributed by atoms with Crippen LogP contribution in [0.15, 0.2) is 87.4 Å². The first-order valence-electron chi connectivity index (χ1n) is 12.5. The third-order valence-electron chi connectivity index (χ3n) is 6.47. The number of hydrogen-bond acceptors (Lipinski definition) is 6. The Morgan fingerprint density at radius 1 is 1.13 bits per heavy atom. The fourth-order valence-electron chi connectivity index (χ4n) is 4.61. The van der Waals surface area contributed by atoms with Crippen molar-refractivity contribution in [2.45, 2.75) is 31.0 Å². The smallest absolute Gasteiger partial charge is 0.254 e. The lowest BCUT2D eigenvalue weighted by atomic mass is 9.80. The van der Waals surface area contributed by atoms with Gasteiger partial charge in [0.15, 0.2) is 11.6 Å². The van der Waals surface area contributed by atoms with E-state index in [0.29, 0.717) is 30.2 Å². The molecule has 1 aliphatic rings. The Labute approximate surface area is 235 Å². The number of benzene rings is 3. The molecule has 0 aromatic heterocycles. The normalized spacial score (nSPS) is 18.1. The van der Waals surface area contributed by atoms with Crippen LogP contribution in [0.3, 0.4) is 0 Å². The van der Waals surface area contributed by atoms with E-state index in [0.717, 1.165) is 21.2 Å². The van der Waals surface area contributed by atoms with Gasteiger partial charge in [-0.2, -0.15) is 0 Å². The Kier molecular flexibility index (Phi) is 9.24. The van der Waals surface area contributed by atoms with Gasteiger partial charge in [-0.05, 0) is 52.6 Å². The molecule has 3 aromatic rings. The molecule has 0 fully saturated rings. The second kappa shape index (κ2) is 12.8. The van der Waals surface area contributed by atoms with Crippen molar-refractivity contribution in [3.63, 3.8) is 0 Å². The zero-order valence-corrected chi connectivity index (χ0v) is 23.4. The summed E-state index contributed by atoms with van der Waals surface area (Å²) in [6, 6.07) is 22.5. The largest absolute Gasteiger partial charge is 0.494 e. The van der Waals surface area contributed by atoms with Crippen molar-refractivity contribution in [3.8, 4) is 5.75 Å². The van der Waals surface area contributed by atoms with E-state index in [9.17, 15) is 4.79 Å². The lowest BCUT2D eigenvalue weighted by Crippen LogP contribution is -2.49. The van der Waals surface area contributed by atoms with E-state index in [2.05, 4.69) is 26.0 Å². The van der Waals surface area contributed by atoms with Gasteiger partial charge in [0, 0.05) is 48.5 Å². The summed E-state index contributed by atoms with van der Waals surface area (Å²) in [5.41, 5.74) is 10.7. The van der Waals surface area contributed by atoms with Crippen molar-refractivity contribution in [1.82, 2.24) is 4.90 Å². The number of amides is 1. The van der Waals surface area contributed by atoms with E-state index in [-0.39, 0.29) is 25.5 Å². The minimum absolute atomic E-state index is 0.0603. The molecule has 1 aliphatic heterocycles. The van der Waals surface area contributed by atoms with Gasteiger partial charge in [0.25, 0.3) is 5.91 Å². The van der Waals surface area contributed by atoms with Crippen LogP contribution in [0.4, 0.5) is 0 Å². The predicted octanol–water partition coefficient (Wildman–Crippen LogP) is 5.61. The van der Waals surface area contributed by atoms with Gasteiger partial charge in [-0.25, -0.2) is 4.99 Å². The molecule has 3 aromatic carbocycles. The summed E-state index contributed by atoms with van der Waals surface area (Å²) in [4.78, 5) is 23.6. The molecule has 0 unspecified atom stereocenters. The van der Waals surface area contributed by atoms with E-state index in [1.165, 1.54) is 4.90 Å².